The SMILES string of the molecule is COCCCNC(=O)c1nc(C(=O)NCc2ccc(C)cc2)c2ccccn12. The van der Waals surface area contributed by atoms with Crippen LogP contribution in [0.2, 0.25) is 0 Å². The van der Waals surface area contributed by atoms with Gasteiger partial charge in [-0.25, -0.2) is 4.98 Å². The monoisotopic (exact) mass is 380 g/mol. The number of fused-ring (bicyclic) bond motifs is 1. The second-order valence-corrected chi connectivity index (χ2v) is 6.51. The normalized spacial score (nSPS) is 10.8. The molecule has 0 spiro atoms. The summed E-state index contributed by atoms with van der Waals surface area (Å²) in [6.45, 7) is 3.45. The minimum Gasteiger partial charge on any atom is -0.385 e. The first kappa shape index (κ1) is 19.6. The number of hydrogen-bond donors (Lipinski definition) is 2. The molecular weight excluding hydrogens is 356 g/mol. The number of benzene rings is 1. The Morgan fingerprint density at radius 1 is 1.07 bits per heavy atom. The van der Waals surface area contributed by atoms with Gasteiger partial charge in [-0.05, 0) is 31.0 Å². The number of carbonyl (C=O) groups excluding carboxylic acids is 2. The number of methoxy groups -OCH3 is 1. The van der Waals surface area contributed by atoms with Crippen LogP contribution in [-0.2, 0) is 11.3 Å². The zero-order chi connectivity index (χ0) is 19.9. The summed E-state index contributed by atoms with van der Waals surface area (Å²) in [4.78, 5) is 29.5. The third-order valence-electron chi connectivity index (χ3n) is 4.35. The predicted molar refractivity (Wildman–Crippen MR) is 106 cm³/mol. The number of nitrogens with one attached hydrogen (secondary N) is 2. The maximum atomic E-state index is 12.7. The maximum absolute atomic E-state index is 12.7. The summed E-state index contributed by atoms with van der Waals surface area (Å²) < 4.78 is 6.61. The molecule has 3 aromatic rings. The highest BCUT2D eigenvalue weighted by Gasteiger charge is 2.21. The van der Waals surface area contributed by atoms with Crippen molar-refractivity contribution in [2.75, 3.05) is 20.3 Å². The molecule has 0 radical (unpaired) electrons. The van der Waals surface area contributed by atoms with E-state index in [1.165, 1.54) is 0 Å². The molecule has 0 aliphatic heterocycles. The molecule has 2 N–H and O–H groups in total. The quantitative estimate of drug-likeness (QED) is 0.588. The number of aryl methyl sites for hydroxylation is 1. The van der Waals surface area contributed by atoms with Gasteiger partial charge in [-0.3, -0.25) is 14.0 Å². The fourth-order valence-corrected chi connectivity index (χ4v) is 2.83. The third-order valence-corrected chi connectivity index (χ3v) is 4.35. The summed E-state index contributed by atoms with van der Waals surface area (Å²) in [6, 6.07) is 13.3. The number of nitrogens with zero attached hydrogens (tertiary/aromatic N) is 2. The van der Waals surface area contributed by atoms with E-state index in [0.717, 1.165) is 11.1 Å². The number of carbonyl (C=O) groups is 2. The van der Waals surface area contributed by atoms with Crippen molar-refractivity contribution < 1.29 is 14.3 Å². The van der Waals surface area contributed by atoms with Crippen LogP contribution in [0.15, 0.2) is 48.7 Å². The Labute approximate surface area is 163 Å². The Morgan fingerprint density at radius 2 is 1.86 bits per heavy atom. The van der Waals surface area contributed by atoms with Crippen molar-refractivity contribution in [3.8, 4) is 0 Å². The molecule has 0 aliphatic carbocycles. The molecule has 7 nitrogen and oxygen atoms in total. The van der Waals surface area contributed by atoms with E-state index < -0.39 is 0 Å². The molecule has 3 rings (SSSR count). The van der Waals surface area contributed by atoms with E-state index in [4.69, 9.17) is 4.74 Å². The zero-order valence-corrected chi connectivity index (χ0v) is 16.1. The molecule has 2 aromatic heterocycles. The predicted octanol–water partition coefficient (Wildman–Crippen LogP) is 2.34. The highest BCUT2D eigenvalue weighted by molar-refractivity contribution is 6.02. The first-order chi connectivity index (χ1) is 13.6. The minimum atomic E-state index is -0.324. The van der Waals surface area contributed by atoms with E-state index in [1.54, 1.807) is 29.8 Å². The lowest BCUT2D eigenvalue weighted by atomic mass is 10.1. The van der Waals surface area contributed by atoms with Gasteiger partial charge in [0.15, 0.2) is 5.69 Å². The van der Waals surface area contributed by atoms with Crippen LogP contribution in [0.3, 0.4) is 0 Å². The van der Waals surface area contributed by atoms with Gasteiger partial charge in [-0.15, -0.1) is 0 Å². The lowest BCUT2D eigenvalue weighted by Crippen LogP contribution is -2.27. The maximum Gasteiger partial charge on any atom is 0.287 e. The first-order valence-corrected chi connectivity index (χ1v) is 9.18. The minimum absolute atomic E-state index is 0.188. The van der Waals surface area contributed by atoms with Crippen LogP contribution >= 0.6 is 0 Å². The van der Waals surface area contributed by atoms with E-state index in [2.05, 4.69) is 15.6 Å². The van der Waals surface area contributed by atoms with Crippen LogP contribution in [0, 0.1) is 6.92 Å². The summed E-state index contributed by atoms with van der Waals surface area (Å²) in [6.07, 6.45) is 2.43. The van der Waals surface area contributed by atoms with Crippen LogP contribution in [0.1, 0.15) is 38.7 Å². The van der Waals surface area contributed by atoms with Crippen LogP contribution in [0.4, 0.5) is 0 Å². The molecular formula is C21H24N4O3. The molecule has 0 atom stereocenters. The second kappa shape index (κ2) is 9.14. The number of imidazole rings is 1. The Hall–Kier alpha value is -3.19. The topological polar surface area (TPSA) is 84.7 Å². The lowest BCUT2D eigenvalue weighted by molar-refractivity contribution is 0.0937. The van der Waals surface area contributed by atoms with Gasteiger partial charge >= 0.3 is 0 Å². The van der Waals surface area contributed by atoms with Gasteiger partial charge in [0.2, 0.25) is 5.82 Å². The van der Waals surface area contributed by atoms with E-state index >= 15 is 0 Å². The molecule has 0 fully saturated rings. The van der Waals surface area contributed by atoms with E-state index in [0.29, 0.717) is 31.6 Å². The molecule has 0 aliphatic rings. The van der Waals surface area contributed by atoms with Crippen molar-refractivity contribution in [1.82, 2.24) is 20.0 Å². The molecule has 2 heterocycles. The molecule has 1 aromatic carbocycles. The van der Waals surface area contributed by atoms with Crippen molar-refractivity contribution in [1.29, 1.82) is 0 Å². The lowest BCUT2D eigenvalue weighted by Gasteiger charge is -2.04. The fourth-order valence-electron chi connectivity index (χ4n) is 2.83. The van der Waals surface area contributed by atoms with Crippen molar-refractivity contribution >= 4 is 17.3 Å². The van der Waals surface area contributed by atoms with Crippen molar-refractivity contribution in [2.24, 2.45) is 0 Å². The van der Waals surface area contributed by atoms with Gasteiger partial charge in [-0.2, -0.15) is 0 Å². The highest BCUT2D eigenvalue weighted by atomic mass is 16.5. The summed E-state index contributed by atoms with van der Waals surface area (Å²) in [5, 5.41) is 5.68. The first-order valence-electron chi connectivity index (χ1n) is 9.18. The number of ether oxygens (including phenoxy) is 1. The molecule has 0 unspecified atom stereocenters. The second-order valence-electron chi connectivity index (χ2n) is 6.51. The number of aromatic nitrogens is 2. The van der Waals surface area contributed by atoms with E-state index in [9.17, 15) is 9.59 Å². The summed E-state index contributed by atoms with van der Waals surface area (Å²) in [5.74, 6) is -0.453. The number of amides is 2. The molecule has 7 heteroatoms. The van der Waals surface area contributed by atoms with Crippen molar-refractivity contribution in [3.63, 3.8) is 0 Å². The van der Waals surface area contributed by atoms with Gasteiger partial charge in [-0.1, -0.05) is 35.9 Å². The van der Waals surface area contributed by atoms with Crippen LogP contribution in [0.25, 0.3) is 5.52 Å². The number of hydrogen-bond acceptors (Lipinski definition) is 4. The summed E-state index contributed by atoms with van der Waals surface area (Å²) in [5.41, 5.74) is 2.98. The fraction of sp³-hybridized carbons (Fsp3) is 0.286. The highest BCUT2D eigenvalue weighted by Crippen LogP contribution is 2.14. The molecule has 0 bridgehead atoms. The average Bonchev–Trinajstić information content (AvgIpc) is 3.10. The Bertz CT molecular complexity index is 963. The average molecular weight is 380 g/mol. The summed E-state index contributed by atoms with van der Waals surface area (Å²) in [7, 11) is 1.62. The van der Waals surface area contributed by atoms with Gasteiger partial charge in [0.1, 0.15) is 0 Å². The van der Waals surface area contributed by atoms with Gasteiger partial charge in [0, 0.05) is 33.0 Å². The largest absolute Gasteiger partial charge is 0.385 e. The molecule has 2 amide bonds. The Kier molecular flexibility index (Phi) is 6.39. The van der Waals surface area contributed by atoms with Crippen molar-refractivity contribution in [3.05, 3.63) is 71.3 Å². The molecule has 146 valence electrons. The van der Waals surface area contributed by atoms with Gasteiger partial charge < -0.3 is 15.4 Å². The van der Waals surface area contributed by atoms with Crippen LogP contribution < -0.4 is 10.6 Å². The standard InChI is InChI=1S/C21H24N4O3/c1-15-7-9-16(10-8-15)14-23-20(26)18-17-6-3-4-12-25(17)19(24-18)21(27)22-11-5-13-28-2/h3-4,6-10,12H,5,11,13-14H2,1-2H3,(H,22,27)(H,23,26). The van der Waals surface area contributed by atoms with E-state index in [-0.39, 0.29) is 23.3 Å². The Balaban J connectivity index is 1.76. The van der Waals surface area contributed by atoms with Gasteiger partial charge in [0.25, 0.3) is 11.8 Å². The number of pyridine rings is 1. The third kappa shape index (κ3) is 4.55. The zero-order valence-electron chi connectivity index (χ0n) is 16.1. The van der Waals surface area contributed by atoms with E-state index in [1.807, 2.05) is 37.3 Å². The number of rotatable bonds is 8. The van der Waals surface area contributed by atoms with Gasteiger partial charge in [0.05, 0.1) is 5.52 Å². The van der Waals surface area contributed by atoms with Crippen molar-refractivity contribution in [2.45, 2.75) is 19.9 Å². The summed E-state index contributed by atoms with van der Waals surface area (Å²) >= 11 is 0. The van der Waals surface area contributed by atoms with Crippen LogP contribution in [-0.4, -0.2) is 41.5 Å². The molecule has 0 saturated heterocycles. The molecule has 0 saturated carbocycles. The smallest absolute Gasteiger partial charge is 0.287 e. The molecule has 28 heavy (non-hydrogen) atoms. The van der Waals surface area contributed by atoms with Crippen LogP contribution in [0.5, 0.6) is 0 Å². The Morgan fingerprint density at radius 3 is 2.61 bits per heavy atom.